The van der Waals surface area contributed by atoms with Crippen LogP contribution in [0.5, 0.6) is 0 Å². The molecule has 1 aliphatic rings. The zero-order valence-electron chi connectivity index (χ0n) is 9.73. The van der Waals surface area contributed by atoms with Crippen LogP contribution in [0.1, 0.15) is 23.2 Å². The summed E-state index contributed by atoms with van der Waals surface area (Å²) in [7, 11) is 1.65. The molecule has 1 heterocycles. The lowest BCUT2D eigenvalue weighted by Gasteiger charge is -2.22. The molecule has 0 unspecified atom stereocenters. The van der Waals surface area contributed by atoms with Crippen molar-refractivity contribution in [2.24, 2.45) is 0 Å². The number of carbonyl (C=O) groups is 1. The minimum Gasteiger partial charge on any atom is -0.383 e. The topological polar surface area (TPSA) is 42.4 Å². The van der Waals surface area contributed by atoms with Crippen LogP contribution < -0.4 is 0 Å². The molecule has 0 aliphatic heterocycles. The van der Waals surface area contributed by atoms with E-state index in [-0.39, 0.29) is 5.91 Å². The highest BCUT2D eigenvalue weighted by Gasteiger charge is 2.32. The Labute approximate surface area is 109 Å². The van der Waals surface area contributed by atoms with Gasteiger partial charge in [-0.05, 0) is 40.9 Å². The lowest BCUT2D eigenvalue weighted by Crippen LogP contribution is -2.35. The maximum Gasteiger partial charge on any atom is 0.254 e. The Balaban J connectivity index is 2.10. The van der Waals surface area contributed by atoms with E-state index in [4.69, 9.17) is 4.74 Å². The van der Waals surface area contributed by atoms with Crippen molar-refractivity contribution >= 4 is 21.8 Å². The van der Waals surface area contributed by atoms with Crippen molar-refractivity contribution in [2.75, 3.05) is 20.3 Å². The first-order valence-corrected chi connectivity index (χ1v) is 6.43. The molecule has 1 fully saturated rings. The highest BCUT2D eigenvalue weighted by molar-refractivity contribution is 9.10. The minimum atomic E-state index is 0.0626. The molecule has 92 valence electrons. The van der Waals surface area contributed by atoms with Gasteiger partial charge in [0.1, 0.15) is 4.60 Å². The van der Waals surface area contributed by atoms with Crippen molar-refractivity contribution in [3.8, 4) is 0 Å². The molecule has 0 bridgehead atoms. The Hall–Kier alpha value is -0.940. The van der Waals surface area contributed by atoms with Gasteiger partial charge in [-0.25, -0.2) is 4.98 Å². The second-order valence-corrected chi connectivity index (χ2v) is 4.90. The largest absolute Gasteiger partial charge is 0.383 e. The number of carbonyl (C=O) groups excluding carboxylic acids is 1. The summed E-state index contributed by atoms with van der Waals surface area (Å²) < 4.78 is 5.73. The Kier molecular flexibility index (Phi) is 4.12. The van der Waals surface area contributed by atoms with Crippen molar-refractivity contribution in [1.82, 2.24) is 9.88 Å². The van der Waals surface area contributed by atoms with E-state index in [2.05, 4.69) is 20.9 Å². The van der Waals surface area contributed by atoms with Gasteiger partial charge in [-0.1, -0.05) is 0 Å². The first-order valence-electron chi connectivity index (χ1n) is 5.64. The fourth-order valence-corrected chi connectivity index (χ4v) is 2.09. The molecule has 1 amide bonds. The molecule has 4 nitrogen and oxygen atoms in total. The zero-order valence-corrected chi connectivity index (χ0v) is 11.3. The third-order valence-corrected chi connectivity index (χ3v) is 3.19. The van der Waals surface area contributed by atoms with Gasteiger partial charge in [0.05, 0.1) is 6.61 Å². The van der Waals surface area contributed by atoms with E-state index in [1.54, 1.807) is 25.4 Å². The van der Waals surface area contributed by atoms with Crippen molar-refractivity contribution in [1.29, 1.82) is 0 Å². The third kappa shape index (κ3) is 3.26. The molecule has 0 N–H and O–H groups in total. The van der Waals surface area contributed by atoms with Gasteiger partial charge in [-0.3, -0.25) is 4.79 Å². The van der Waals surface area contributed by atoms with E-state index in [0.717, 1.165) is 12.8 Å². The predicted molar refractivity (Wildman–Crippen MR) is 67.9 cm³/mol. The number of aromatic nitrogens is 1. The molecule has 17 heavy (non-hydrogen) atoms. The summed E-state index contributed by atoms with van der Waals surface area (Å²) in [6.45, 7) is 1.23. The highest BCUT2D eigenvalue weighted by atomic mass is 79.9. The van der Waals surface area contributed by atoms with E-state index in [9.17, 15) is 4.79 Å². The smallest absolute Gasteiger partial charge is 0.254 e. The average Bonchev–Trinajstić information content (AvgIpc) is 3.14. The molecule has 0 spiro atoms. The number of methoxy groups -OCH3 is 1. The summed E-state index contributed by atoms with van der Waals surface area (Å²) in [6.07, 6.45) is 3.84. The lowest BCUT2D eigenvalue weighted by molar-refractivity contribution is 0.0680. The van der Waals surface area contributed by atoms with Gasteiger partial charge >= 0.3 is 0 Å². The maximum absolute atomic E-state index is 12.3. The molecular formula is C12H15BrN2O2. The normalized spacial score (nSPS) is 14.7. The molecule has 2 rings (SSSR count). The molecule has 5 heteroatoms. The fraction of sp³-hybridized carbons (Fsp3) is 0.500. The zero-order chi connectivity index (χ0) is 12.3. The predicted octanol–water partition coefficient (Wildman–Crippen LogP) is 2.10. The van der Waals surface area contributed by atoms with Gasteiger partial charge < -0.3 is 9.64 Å². The summed E-state index contributed by atoms with van der Waals surface area (Å²) in [5, 5.41) is 0. The van der Waals surface area contributed by atoms with Crippen LogP contribution in [-0.2, 0) is 4.74 Å². The standard InChI is InChI=1S/C12H15BrN2O2/c1-17-7-6-15(10-2-3-10)12(16)9-4-5-14-11(13)8-9/h4-5,8,10H,2-3,6-7H2,1H3. The van der Waals surface area contributed by atoms with Gasteiger partial charge in [-0.15, -0.1) is 0 Å². The monoisotopic (exact) mass is 298 g/mol. The number of hydrogen-bond acceptors (Lipinski definition) is 3. The number of hydrogen-bond donors (Lipinski definition) is 0. The van der Waals surface area contributed by atoms with Crippen LogP contribution >= 0.6 is 15.9 Å². The fourth-order valence-electron chi connectivity index (χ4n) is 1.73. The van der Waals surface area contributed by atoms with Crippen LogP contribution in [0.3, 0.4) is 0 Å². The van der Waals surface area contributed by atoms with Crippen molar-refractivity contribution in [2.45, 2.75) is 18.9 Å². The van der Waals surface area contributed by atoms with Crippen molar-refractivity contribution in [3.05, 3.63) is 28.5 Å². The summed E-state index contributed by atoms with van der Waals surface area (Å²) in [5.74, 6) is 0.0626. The van der Waals surface area contributed by atoms with E-state index < -0.39 is 0 Å². The van der Waals surface area contributed by atoms with Crippen LogP contribution in [0.25, 0.3) is 0 Å². The highest BCUT2D eigenvalue weighted by Crippen LogP contribution is 2.28. The molecule has 0 saturated heterocycles. The number of ether oxygens (including phenoxy) is 1. The molecule has 1 aliphatic carbocycles. The van der Waals surface area contributed by atoms with Crippen LogP contribution in [0.4, 0.5) is 0 Å². The van der Waals surface area contributed by atoms with Gasteiger partial charge in [0, 0.05) is 31.5 Å². The summed E-state index contributed by atoms with van der Waals surface area (Å²) in [4.78, 5) is 18.2. The van der Waals surface area contributed by atoms with E-state index >= 15 is 0 Å². The third-order valence-electron chi connectivity index (χ3n) is 2.76. The molecule has 1 aromatic rings. The number of amides is 1. The first-order chi connectivity index (χ1) is 8.22. The number of nitrogens with zero attached hydrogens (tertiary/aromatic N) is 2. The Morgan fingerprint density at radius 1 is 1.65 bits per heavy atom. The minimum absolute atomic E-state index is 0.0626. The lowest BCUT2D eigenvalue weighted by atomic mass is 10.2. The maximum atomic E-state index is 12.3. The second kappa shape index (κ2) is 5.60. The Morgan fingerprint density at radius 2 is 2.41 bits per heavy atom. The number of pyridine rings is 1. The SMILES string of the molecule is COCCN(C(=O)c1ccnc(Br)c1)C1CC1. The molecule has 0 atom stereocenters. The average molecular weight is 299 g/mol. The summed E-state index contributed by atoms with van der Waals surface area (Å²) in [6, 6.07) is 3.89. The van der Waals surface area contributed by atoms with Gasteiger partial charge in [-0.2, -0.15) is 0 Å². The van der Waals surface area contributed by atoms with Crippen molar-refractivity contribution < 1.29 is 9.53 Å². The summed E-state index contributed by atoms with van der Waals surface area (Å²) in [5.41, 5.74) is 0.676. The molecule has 1 saturated carbocycles. The van der Waals surface area contributed by atoms with Crippen molar-refractivity contribution in [3.63, 3.8) is 0 Å². The van der Waals surface area contributed by atoms with Crippen LogP contribution in [0.2, 0.25) is 0 Å². The molecule has 0 aromatic carbocycles. The second-order valence-electron chi connectivity index (χ2n) is 4.09. The Bertz CT molecular complexity index is 407. The van der Waals surface area contributed by atoms with Crippen LogP contribution in [0.15, 0.2) is 22.9 Å². The Morgan fingerprint density at radius 3 is 3.00 bits per heavy atom. The molecule has 1 aromatic heterocycles. The van der Waals surface area contributed by atoms with E-state index in [1.807, 2.05) is 4.90 Å². The summed E-state index contributed by atoms with van der Waals surface area (Å²) >= 11 is 3.28. The number of rotatable bonds is 5. The molecule has 0 radical (unpaired) electrons. The number of halogens is 1. The van der Waals surface area contributed by atoms with Gasteiger partial charge in [0.25, 0.3) is 5.91 Å². The van der Waals surface area contributed by atoms with E-state index in [1.165, 1.54) is 0 Å². The van der Waals surface area contributed by atoms with E-state index in [0.29, 0.717) is 29.4 Å². The van der Waals surface area contributed by atoms with Gasteiger partial charge in [0.2, 0.25) is 0 Å². The first kappa shape index (κ1) is 12.5. The molecular weight excluding hydrogens is 284 g/mol. The van der Waals surface area contributed by atoms with Crippen LogP contribution in [0, 0.1) is 0 Å². The van der Waals surface area contributed by atoms with Gasteiger partial charge in [0.15, 0.2) is 0 Å². The quantitative estimate of drug-likeness (QED) is 0.782. The van der Waals surface area contributed by atoms with Crippen LogP contribution in [-0.4, -0.2) is 42.1 Å².